The number of hydrogen-bond donors (Lipinski definition) is 0. The van der Waals surface area contributed by atoms with Crippen molar-refractivity contribution in [3.05, 3.63) is 71.2 Å². The van der Waals surface area contributed by atoms with Crippen molar-refractivity contribution in [3.8, 4) is 11.3 Å². The van der Waals surface area contributed by atoms with Crippen LogP contribution in [0.25, 0.3) is 11.3 Å². The highest BCUT2D eigenvalue weighted by atomic mass is 19.1. The molecule has 2 aromatic heterocycles. The summed E-state index contributed by atoms with van der Waals surface area (Å²) in [6.07, 6.45) is 0.682. The molecule has 2 aliphatic rings. The second-order valence-electron chi connectivity index (χ2n) is 12.7. The predicted molar refractivity (Wildman–Crippen MR) is 145 cm³/mol. The van der Waals surface area contributed by atoms with Gasteiger partial charge in [-0.05, 0) is 31.2 Å². The Morgan fingerprint density at radius 1 is 1.07 bits per heavy atom. The second-order valence-corrected chi connectivity index (χ2v) is 12.7. The molecule has 0 atom stereocenters. The Hall–Kier alpha value is -3.30. The number of halogens is 2. The van der Waals surface area contributed by atoms with Crippen molar-refractivity contribution in [3.63, 3.8) is 0 Å². The average Bonchev–Trinajstić information content (AvgIpc) is 3.32. The lowest BCUT2D eigenvalue weighted by Crippen LogP contribution is -2.62. The first-order valence-corrected chi connectivity index (χ1v) is 13.6. The van der Waals surface area contributed by atoms with Gasteiger partial charge in [0.05, 0.1) is 18.8 Å². The number of nitrogens with zero attached hydrogens (tertiary/aromatic N) is 3. The number of carbonyl (C=O) groups is 2. The zero-order valence-corrected chi connectivity index (χ0v) is 23.4. The zero-order valence-electron chi connectivity index (χ0n) is 23.4. The highest BCUT2D eigenvalue weighted by Crippen LogP contribution is 2.43. The minimum absolute atomic E-state index is 0.0237. The molecule has 0 bridgehead atoms. The lowest BCUT2D eigenvalue weighted by molar-refractivity contribution is -0.143. The van der Waals surface area contributed by atoms with Crippen LogP contribution in [0.3, 0.4) is 0 Å². The summed E-state index contributed by atoms with van der Waals surface area (Å²) in [5, 5.41) is 3.88. The predicted octanol–water partition coefficient (Wildman–Crippen LogP) is 5.56. The Morgan fingerprint density at radius 3 is 2.48 bits per heavy atom. The summed E-state index contributed by atoms with van der Waals surface area (Å²) in [5.41, 5.74) is 0.945. The summed E-state index contributed by atoms with van der Waals surface area (Å²) in [6.45, 7) is 11.6. The lowest BCUT2D eigenvalue weighted by Gasteiger charge is -2.54. The molecule has 0 saturated carbocycles. The van der Waals surface area contributed by atoms with Crippen LogP contribution in [0, 0.1) is 29.4 Å². The fourth-order valence-corrected chi connectivity index (χ4v) is 6.02. The minimum Gasteiger partial charge on any atom is -0.380 e. The molecular weight excluding hydrogens is 516 g/mol. The van der Waals surface area contributed by atoms with Crippen LogP contribution in [0.4, 0.5) is 8.78 Å². The standard InChI is InChI=1S/C31H35F2N3O4/c1-20-6-5-7-28(34-20)29(2,3)12-22(37)13-31(16-36(17-31)15-30(4)18-39-19-30)14-26(38)25-11-27(40-35-25)23-9-8-21(32)10-24(23)33/h5-11H,12-19H2,1-4H3. The number of benzene rings is 1. The lowest BCUT2D eigenvalue weighted by atomic mass is 9.69. The molecule has 2 saturated heterocycles. The van der Waals surface area contributed by atoms with Crippen LogP contribution in [0.1, 0.15) is 61.9 Å². The number of aryl methyl sites for hydroxylation is 1. The Balaban J connectivity index is 1.30. The summed E-state index contributed by atoms with van der Waals surface area (Å²) < 4.78 is 38.2. The SMILES string of the molecule is Cc1cccc(C(C)(C)CC(=O)CC2(CC(=O)c3cc(-c4ccc(F)cc4F)on3)CN(CC3(C)COC3)C2)n1. The number of carbonyl (C=O) groups excluding carboxylic acids is 2. The average molecular weight is 552 g/mol. The zero-order chi connectivity index (χ0) is 28.7. The molecule has 9 heteroatoms. The van der Waals surface area contributed by atoms with Crippen LogP contribution in [0.5, 0.6) is 0 Å². The molecule has 0 N–H and O–H groups in total. The molecule has 0 spiro atoms. The molecule has 0 aliphatic carbocycles. The normalized spacial score (nSPS) is 18.1. The van der Waals surface area contributed by atoms with Crippen LogP contribution in [0.15, 0.2) is 47.0 Å². The van der Waals surface area contributed by atoms with Gasteiger partial charge in [0.1, 0.15) is 23.1 Å². The van der Waals surface area contributed by atoms with Gasteiger partial charge in [-0.1, -0.05) is 32.0 Å². The van der Waals surface area contributed by atoms with Crippen molar-refractivity contribution >= 4 is 11.6 Å². The van der Waals surface area contributed by atoms with Gasteiger partial charge in [0.25, 0.3) is 0 Å². The van der Waals surface area contributed by atoms with Crippen molar-refractivity contribution in [1.29, 1.82) is 0 Å². The van der Waals surface area contributed by atoms with Crippen LogP contribution >= 0.6 is 0 Å². The molecule has 2 fully saturated rings. The van der Waals surface area contributed by atoms with Crippen molar-refractivity contribution in [1.82, 2.24) is 15.0 Å². The number of hydrogen-bond acceptors (Lipinski definition) is 7. The molecule has 40 heavy (non-hydrogen) atoms. The van der Waals surface area contributed by atoms with Gasteiger partial charge in [0, 0.05) is 78.7 Å². The van der Waals surface area contributed by atoms with E-state index in [1.807, 2.05) is 39.0 Å². The number of likely N-dealkylation sites (tertiary alicyclic amines) is 1. The van der Waals surface area contributed by atoms with E-state index in [9.17, 15) is 18.4 Å². The molecule has 0 unspecified atom stereocenters. The highest BCUT2D eigenvalue weighted by molar-refractivity contribution is 5.96. The highest BCUT2D eigenvalue weighted by Gasteiger charge is 2.49. The van der Waals surface area contributed by atoms with E-state index >= 15 is 0 Å². The van der Waals surface area contributed by atoms with Crippen molar-refractivity contribution < 1.29 is 27.6 Å². The first-order valence-electron chi connectivity index (χ1n) is 13.6. The topological polar surface area (TPSA) is 85.5 Å². The first-order chi connectivity index (χ1) is 18.9. The van der Waals surface area contributed by atoms with Gasteiger partial charge in [-0.15, -0.1) is 0 Å². The van der Waals surface area contributed by atoms with E-state index in [0.717, 1.165) is 30.1 Å². The summed E-state index contributed by atoms with van der Waals surface area (Å²) in [7, 11) is 0. The molecular formula is C31H35F2N3O4. The number of rotatable bonds is 11. The smallest absolute Gasteiger partial charge is 0.185 e. The molecule has 5 rings (SSSR count). The Labute approximate surface area is 232 Å². The van der Waals surface area contributed by atoms with E-state index in [-0.39, 0.29) is 46.8 Å². The fourth-order valence-electron chi connectivity index (χ4n) is 6.02. The van der Waals surface area contributed by atoms with Crippen molar-refractivity contribution in [2.75, 3.05) is 32.8 Å². The molecule has 2 aliphatic heterocycles. The molecule has 3 aromatic rings. The molecule has 7 nitrogen and oxygen atoms in total. The van der Waals surface area contributed by atoms with Crippen LogP contribution in [-0.4, -0.2) is 59.5 Å². The van der Waals surface area contributed by atoms with Crippen molar-refractivity contribution in [2.24, 2.45) is 10.8 Å². The molecule has 212 valence electrons. The van der Waals surface area contributed by atoms with Crippen LogP contribution in [0.2, 0.25) is 0 Å². The van der Waals surface area contributed by atoms with E-state index in [0.29, 0.717) is 32.7 Å². The molecule has 0 amide bonds. The quantitative estimate of drug-likeness (QED) is 0.288. The third kappa shape index (κ3) is 6.05. The summed E-state index contributed by atoms with van der Waals surface area (Å²) in [4.78, 5) is 33.8. The van der Waals surface area contributed by atoms with E-state index < -0.39 is 22.5 Å². The third-order valence-electron chi connectivity index (χ3n) is 7.95. The monoisotopic (exact) mass is 551 g/mol. The molecule has 4 heterocycles. The third-order valence-corrected chi connectivity index (χ3v) is 7.95. The van der Waals surface area contributed by atoms with E-state index in [4.69, 9.17) is 9.26 Å². The van der Waals surface area contributed by atoms with E-state index in [2.05, 4.69) is 22.0 Å². The van der Waals surface area contributed by atoms with Gasteiger partial charge in [0.15, 0.2) is 11.5 Å². The maximum atomic E-state index is 14.2. The molecule has 0 radical (unpaired) electrons. The Morgan fingerprint density at radius 2 is 1.82 bits per heavy atom. The Bertz CT molecular complexity index is 1420. The van der Waals surface area contributed by atoms with Crippen LogP contribution < -0.4 is 0 Å². The largest absolute Gasteiger partial charge is 0.380 e. The molecule has 1 aromatic carbocycles. The summed E-state index contributed by atoms with van der Waals surface area (Å²) >= 11 is 0. The number of Topliss-reactive ketones (excluding diaryl/α,β-unsaturated/α-hetero) is 2. The summed E-state index contributed by atoms with van der Waals surface area (Å²) in [6, 6.07) is 10.3. The fraction of sp³-hybridized carbons (Fsp3) is 0.484. The summed E-state index contributed by atoms with van der Waals surface area (Å²) in [5.74, 6) is -1.66. The van der Waals surface area contributed by atoms with Gasteiger partial charge in [0.2, 0.25) is 0 Å². The number of ketones is 2. The number of pyridine rings is 1. The van der Waals surface area contributed by atoms with Crippen molar-refractivity contribution in [2.45, 2.75) is 52.4 Å². The van der Waals surface area contributed by atoms with Gasteiger partial charge in [-0.3, -0.25) is 14.6 Å². The Kier molecular flexibility index (Phi) is 7.48. The van der Waals surface area contributed by atoms with Gasteiger partial charge in [-0.2, -0.15) is 0 Å². The van der Waals surface area contributed by atoms with Crippen LogP contribution in [-0.2, 0) is 14.9 Å². The number of ether oxygens (including phenoxy) is 1. The number of aromatic nitrogens is 2. The second kappa shape index (κ2) is 10.6. The van der Waals surface area contributed by atoms with Gasteiger partial charge >= 0.3 is 0 Å². The van der Waals surface area contributed by atoms with Gasteiger partial charge < -0.3 is 14.2 Å². The maximum Gasteiger partial charge on any atom is 0.185 e. The van der Waals surface area contributed by atoms with E-state index in [1.165, 1.54) is 12.1 Å². The van der Waals surface area contributed by atoms with E-state index in [1.54, 1.807) is 0 Å². The minimum atomic E-state index is -0.800. The maximum absolute atomic E-state index is 14.2. The first kappa shape index (κ1) is 28.2. The van der Waals surface area contributed by atoms with Gasteiger partial charge in [-0.25, -0.2) is 8.78 Å².